The first-order valence-electron chi connectivity index (χ1n) is 26.6. The lowest BCUT2D eigenvalue weighted by Gasteiger charge is -2.43. The number of fused-ring (bicyclic) bond motifs is 3. The minimum absolute atomic E-state index is 0.0114. The Balaban J connectivity index is 1.72. The lowest BCUT2D eigenvalue weighted by Crippen LogP contribution is -2.61. The van der Waals surface area contributed by atoms with Crippen LogP contribution in [0.2, 0.25) is 0 Å². The van der Waals surface area contributed by atoms with Crippen LogP contribution in [0.25, 0.3) is 0 Å². The fourth-order valence-corrected chi connectivity index (χ4v) is 10.8. The maximum atomic E-state index is 14.5. The molecular weight excluding hydrogens is 925 g/mol. The predicted molar refractivity (Wildman–Crippen MR) is 273 cm³/mol. The summed E-state index contributed by atoms with van der Waals surface area (Å²) < 4.78 is 30.2. The van der Waals surface area contributed by atoms with Crippen molar-refractivity contribution in [2.24, 2.45) is 35.5 Å². The van der Waals surface area contributed by atoms with Gasteiger partial charge in [0.1, 0.15) is 36.4 Å². The standard InChI is InChI=1S/C56H90N2O14/c1-34-18-13-12-14-19-35(2)46(70-27-17-21-49(61)57(8)9)32-42-24-22-40(7)56(67,72-42)53(64)54(65)58-26-16-15-20-43(58)55(66)71-47(37(4)30-41-23-25-44(59)48(31-41)68-10)33-45(60)36(3)29-39(6)51(63)52(69-11)50(62)38(5)28-34/h12-14,18-19,29,34,36-38,40-44,46-49,51-52,59,61,63,67H,15-17,20-28,30-33H2,1-11H3/b14-12+,18-13+,35-19+,39-29+/t34-,36-,37-,38-,40-,41+,42+,43+,44-,46?,47+,48-,49?,51-,52+,56-/m1/s1. The number of piperidine rings is 1. The van der Waals surface area contributed by atoms with Crippen molar-refractivity contribution >= 4 is 29.2 Å². The summed E-state index contributed by atoms with van der Waals surface area (Å²) >= 11 is 0. The normalized spacial score (nSPS) is 38.2. The van der Waals surface area contributed by atoms with Crippen molar-refractivity contribution in [3.8, 4) is 0 Å². The van der Waals surface area contributed by atoms with Crippen LogP contribution in [0.5, 0.6) is 0 Å². The number of ketones is 3. The Morgan fingerprint density at radius 3 is 2.29 bits per heavy atom. The Labute approximate surface area is 429 Å². The van der Waals surface area contributed by atoms with Gasteiger partial charge >= 0.3 is 5.97 Å². The average molecular weight is 1020 g/mol. The number of nitrogens with zero attached hydrogens (tertiary/aromatic N) is 2. The van der Waals surface area contributed by atoms with Gasteiger partial charge in [0.05, 0.1) is 24.4 Å². The zero-order valence-corrected chi connectivity index (χ0v) is 45.2. The molecule has 0 radical (unpaired) electrons. The quantitative estimate of drug-likeness (QED) is 0.0595. The van der Waals surface area contributed by atoms with E-state index in [-0.39, 0.29) is 61.2 Å². The molecule has 2 saturated heterocycles. The number of ether oxygens (including phenoxy) is 5. The summed E-state index contributed by atoms with van der Waals surface area (Å²) in [4.78, 5) is 74.2. The molecule has 72 heavy (non-hydrogen) atoms. The zero-order chi connectivity index (χ0) is 53.4. The molecule has 4 N–H and O–H groups in total. The van der Waals surface area contributed by atoms with E-state index in [9.17, 15) is 44.4 Å². The van der Waals surface area contributed by atoms with Crippen LogP contribution >= 0.6 is 0 Å². The van der Waals surface area contributed by atoms with Crippen LogP contribution in [-0.2, 0) is 47.7 Å². The van der Waals surface area contributed by atoms with Crippen LogP contribution in [0.4, 0.5) is 0 Å². The summed E-state index contributed by atoms with van der Waals surface area (Å²) in [5.74, 6) is -8.23. The molecule has 408 valence electrons. The second-order valence-electron chi connectivity index (χ2n) is 21.8. The summed E-state index contributed by atoms with van der Waals surface area (Å²) in [6.45, 7) is 13.0. The Morgan fingerprint density at radius 2 is 1.61 bits per heavy atom. The molecule has 0 spiro atoms. The summed E-state index contributed by atoms with van der Waals surface area (Å²) in [5, 5.41) is 44.5. The smallest absolute Gasteiger partial charge is 0.329 e. The molecule has 2 unspecified atom stereocenters. The molecule has 16 atom stereocenters. The molecule has 1 aliphatic carbocycles. The van der Waals surface area contributed by atoms with E-state index in [1.165, 1.54) is 12.0 Å². The highest BCUT2D eigenvalue weighted by molar-refractivity contribution is 6.39. The number of hydrogen-bond donors (Lipinski definition) is 4. The molecule has 4 aliphatic rings. The SMILES string of the molecule is CO[C@@H]1C[C@H](C[C@@H](C)[C@@H]2CC(=O)[C@H](C)/C=C(\C)[C@@H](O)[C@@H](OC)C(=O)[C@H](C)C[C@H](C)/C=C/C=C/C=C(\C)C(OCCCC(O)N(C)C)C[C@@H]3CC[C@@H](C)[C@@](O)(O3)C(=O)C(=O)N3CCCC[C@H]3C(=O)O2)CC[C@H]1O. The molecule has 16 nitrogen and oxygen atoms in total. The van der Waals surface area contributed by atoms with Crippen molar-refractivity contribution in [1.82, 2.24) is 9.80 Å². The van der Waals surface area contributed by atoms with Crippen molar-refractivity contribution in [2.45, 2.75) is 199 Å². The maximum Gasteiger partial charge on any atom is 0.329 e. The van der Waals surface area contributed by atoms with Crippen molar-refractivity contribution < 1.29 is 68.1 Å². The van der Waals surface area contributed by atoms with E-state index in [0.717, 1.165) is 5.57 Å². The summed E-state index contributed by atoms with van der Waals surface area (Å²) in [5.41, 5.74) is 1.23. The van der Waals surface area contributed by atoms with Gasteiger partial charge in [0.15, 0.2) is 5.78 Å². The number of carbonyl (C=O) groups is 5. The lowest BCUT2D eigenvalue weighted by molar-refractivity contribution is -0.266. The molecule has 2 bridgehead atoms. The van der Waals surface area contributed by atoms with Crippen molar-refractivity contribution in [1.29, 1.82) is 0 Å². The van der Waals surface area contributed by atoms with Gasteiger partial charge in [0.2, 0.25) is 5.79 Å². The Hall–Kier alpha value is -3.45. The van der Waals surface area contributed by atoms with Gasteiger partial charge in [0.25, 0.3) is 11.7 Å². The Morgan fingerprint density at radius 1 is 0.889 bits per heavy atom. The number of amides is 1. The van der Waals surface area contributed by atoms with Crippen LogP contribution in [0, 0.1) is 35.5 Å². The number of aliphatic hydroxyl groups excluding tert-OH is 3. The Kier molecular flexibility index (Phi) is 24.6. The lowest BCUT2D eigenvalue weighted by atomic mass is 9.78. The fraction of sp³-hybridized carbons (Fsp3) is 0.768. The zero-order valence-electron chi connectivity index (χ0n) is 45.2. The first-order valence-corrected chi connectivity index (χ1v) is 26.6. The van der Waals surface area contributed by atoms with Crippen LogP contribution in [0.3, 0.4) is 0 Å². The van der Waals surface area contributed by atoms with Gasteiger partial charge < -0.3 is 49.0 Å². The third-order valence-electron chi connectivity index (χ3n) is 15.7. The highest BCUT2D eigenvalue weighted by atomic mass is 16.6. The number of cyclic esters (lactones) is 1. The van der Waals surface area contributed by atoms with Crippen LogP contribution in [-0.4, -0.2) is 162 Å². The summed E-state index contributed by atoms with van der Waals surface area (Å²) in [7, 11) is 6.53. The van der Waals surface area contributed by atoms with Gasteiger partial charge in [-0.15, -0.1) is 0 Å². The third-order valence-corrected chi connectivity index (χ3v) is 15.7. The van der Waals surface area contributed by atoms with E-state index >= 15 is 0 Å². The largest absolute Gasteiger partial charge is 0.460 e. The van der Waals surface area contributed by atoms with Gasteiger partial charge in [0, 0.05) is 58.0 Å². The molecule has 1 amide bonds. The minimum Gasteiger partial charge on any atom is -0.460 e. The number of allylic oxidation sites excluding steroid dienone is 6. The molecule has 3 heterocycles. The number of carbonyl (C=O) groups excluding carboxylic acids is 5. The van der Waals surface area contributed by atoms with Crippen LogP contribution in [0.1, 0.15) is 138 Å². The van der Waals surface area contributed by atoms with E-state index in [1.54, 1.807) is 53.0 Å². The van der Waals surface area contributed by atoms with E-state index in [4.69, 9.17) is 23.7 Å². The molecule has 1 saturated carbocycles. The van der Waals surface area contributed by atoms with E-state index < -0.39 is 90.1 Å². The number of methoxy groups -OCH3 is 2. The van der Waals surface area contributed by atoms with Gasteiger partial charge in [-0.3, -0.25) is 24.1 Å². The van der Waals surface area contributed by atoms with E-state index in [0.29, 0.717) is 82.8 Å². The van der Waals surface area contributed by atoms with Gasteiger partial charge in [-0.25, -0.2) is 4.79 Å². The van der Waals surface area contributed by atoms with Crippen LogP contribution < -0.4 is 0 Å². The maximum absolute atomic E-state index is 14.5. The highest BCUT2D eigenvalue weighted by Crippen LogP contribution is 2.38. The monoisotopic (exact) mass is 1010 g/mol. The topological polar surface area (TPSA) is 219 Å². The average Bonchev–Trinajstić information content (AvgIpc) is 3.35. The molecule has 0 aromatic heterocycles. The second-order valence-corrected chi connectivity index (χ2v) is 21.8. The molecule has 0 aromatic rings. The van der Waals surface area contributed by atoms with Gasteiger partial charge in [-0.05, 0) is 134 Å². The van der Waals surface area contributed by atoms with Crippen molar-refractivity contribution in [3.05, 3.63) is 47.6 Å². The second kappa shape index (κ2) is 29.0. The number of hydrogen-bond acceptors (Lipinski definition) is 15. The summed E-state index contributed by atoms with van der Waals surface area (Å²) in [6, 6.07) is -1.17. The highest BCUT2D eigenvalue weighted by Gasteiger charge is 2.53. The van der Waals surface area contributed by atoms with Crippen LogP contribution in [0.15, 0.2) is 47.6 Å². The van der Waals surface area contributed by atoms with Crippen molar-refractivity contribution in [2.75, 3.05) is 41.5 Å². The fourth-order valence-electron chi connectivity index (χ4n) is 10.8. The molecule has 4 rings (SSSR count). The third kappa shape index (κ3) is 17.0. The number of esters is 1. The summed E-state index contributed by atoms with van der Waals surface area (Å²) in [6.07, 6.45) is 11.1. The molecule has 16 heteroatoms. The minimum atomic E-state index is -2.48. The molecule has 3 aliphatic heterocycles. The molecular formula is C56H90N2O14. The van der Waals surface area contributed by atoms with Gasteiger partial charge in [-0.1, -0.05) is 71.1 Å². The first-order chi connectivity index (χ1) is 34.0. The number of Topliss-reactive ketones (excluding diaryl/α,β-unsaturated/α-hetero) is 3. The predicted octanol–water partition coefficient (Wildman–Crippen LogP) is 6.21. The van der Waals surface area contributed by atoms with E-state index in [2.05, 4.69) is 0 Å². The molecule has 3 fully saturated rings. The molecule has 0 aromatic carbocycles. The van der Waals surface area contributed by atoms with Gasteiger partial charge in [-0.2, -0.15) is 0 Å². The van der Waals surface area contributed by atoms with Crippen molar-refractivity contribution in [3.63, 3.8) is 0 Å². The number of aliphatic hydroxyl groups is 4. The number of rotatable bonds is 11. The van der Waals surface area contributed by atoms with E-state index in [1.807, 2.05) is 58.1 Å². The first kappa shape index (κ1) is 61.1. The Bertz CT molecular complexity index is 1920.